The molecule has 0 spiro atoms. The van der Waals surface area contributed by atoms with Gasteiger partial charge >= 0.3 is 0 Å². The Bertz CT molecular complexity index is 1250. The number of fused-ring (bicyclic) bond motifs is 1. The Morgan fingerprint density at radius 3 is 2.43 bits per heavy atom. The highest BCUT2D eigenvalue weighted by Gasteiger charge is 2.16. The van der Waals surface area contributed by atoms with E-state index < -0.39 is 11.8 Å². The molecule has 2 amide bonds. The zero-order chi connectivity index (χ0) is 21.1. The fraction of sp³-hybridized carbons (Fsp3) is 0.0435. The number of aromatic nitrogens is 2. The second-order valence-corrected chi connectivity index (χ2v) is 6.80. The molecule has 0 radical (unpaired) electrons. The Balaban J connectivity index is 1.64. The van der Waals surface area contributed by atoms with Crippen molar-refractivity contribution in [3.05, 3.63) is 101 Å². The van der Waals surface area contributed by atoms with Crippen molar-refractivity contribution < 1.29 is 14.3 Å². The van der Waals surface area contributed by atoms with Crippen LogP contribution in [-0.2, 0) is 0 Å². The summed E-state index contributed by atoms with van der Waals surface area (Å²) >= 11 is 0. The molecule has 0 saturated heterocycles. The third-order valence-electron chi connectivity index (χ3n) is 4.63. The van der Waals surface area contributed by atoms with Gasteiger partial charge in [0.15, 0.2) is 12.4 Å². The molecule has 0 unspecified atom stereocenters. The molecule has 4 rings (SSSR count). The van der Waals surface area contributed by atoms with Crippen LogP contribution in [-0.4, -0.2) is 16.8 Å². The Kier molecular flexibility index (Phi) is 5.09. The van der Waals surface area contributed by atoms with Gasteiger partial charge in [-0.3, -0.25) is 20.4 Å². The lowest BCUT2D eigenvalue weighted by Gasteiger charge is -2.11. The first-order valence-electron chi connectivity index (χ1n) is 9.27. The van der Waals surface area contributed by atoms with Gasteiger partial charge in [0.05, 0.1) is 16.8 Å². The van der Waals surface area contributed by atoms with Crippen molar-refractivity contribution >= 4 is 22.7 Å². The number of aryl methyl sites for hydroxylation is 1. The first-order valence-corrected chi connectivity index (χ1v) is 9.27. The van der Waals surface area contributed by atoms with Crippen LogP contribution in [0, 0.1) is 12.1 Å². The summed E-state index contributed by atoms with van der Waals surface area (Å²) in [5.74, 6) is -1.08. The molecule has 0 atom stereocenters. The fourth-order valence-electron chi connectivity index (χ4n) is 3.08. The summed E-state index contributed by atoms with van der Waals surface area (Å²) in [6, 6.07) is 19.8. The molecule has 2 heterocycles. The zero-order valence-electron chi connectivity index (χ0n) is 16.1. The minimum absolute atomic E-state index is 0.132. The Morgan fingerprint density at radius 2 is 1.67 bits per heavy atom. The number of carbonyl (C=O) groups excluding carboxylic acids is 2. The van der Waals surface area contributed by atoms with Gasteiger partial charge < -0.3 is 5.21 Å². The number of hydrazine groups is 1. The molecule has 2 aromatic heterocycles. The van der Waals surface area contributed by atoms with E-state index in [4.69, 9.17) is 0 Å². The molecule has 0 fully saturated rings. The smallest absolute Gasteiger partial charge is 0.275 e. The molecule has 30 heavy (non-hydrogen) atoms. The lowest BCUT2D eigenvalue weighted by atomic mass is 10.0. The molecule has 0 bridgehead atoms. The predicted molar refractivity (Wildman–Crippen MR) is 112 cm³/mol. The lowest BCUT2D eigenvalue weighted by Crippen LogP contribution is -2.42. The standard InChI is InChI=1S/C23H18N4O3/c1-15-8-10-16(11-9-15)21-13-19(18-6-2-3-7-20(18)24-21)23(29)26-25-22(28)17-5-4-12-27(30)14-17/h2-14H,1H3,(H,25,28)(H,26,29). The van der Waals surface area contributed by atoms with Crippen LogP contribution in [0.2, 0.25) is 0 Å². The van der Waals surface area contributed by atoms with E-state index >= 15 is 0 Å². The van der Waals surface area contributed by atoms with E-state index in [2.05, 4.69) is 15.8 Å². The van der Waals surface area contributed by atoms with Crippen molar-refractivity contribution in [2.45, 2.75) is 6.92 Å². The maximum absolute atomic E-state index is 12.9. The molecule has 0 aliphatic rings. The van der Waals surface area contributed by atoms with Gasteiger partial charge in [-0.15, -0.1) is 0 Å². The number of benzene rings is 2. The van der Waals surface area contributed by atoms with Crippen LogP contribution >= 0.6 is 0 Å². The van der Waals surface area contributed by atoms with Crippen molar-refractivity contribution in [3.8, 4) is 11.3 Å². The van der Waals surface area contributed by atoms with Crippen molar-refractivity contribution in [1.29, 1.82) is 0 Å². The minimum Gasteiger partial charge on any atom is -0.619 e. The summed E-state index contributed by atoms with van der Waals surface area (Å²) in [4.78, 5) is 29.8. The number of nitrogens with one attached hydrogen (secondary N) is 2. The first kappa shape index (κ1) is 19.1. The second kappa shape index (κ2) is 8.00. The largest absolute Gasteiger partial charge is 0.619 e. The first-order chi connectivity index (χ1) is 14.5. The SMILES string of the molecule is Cc1ccc(-c2cc(C(=O)NNC(=O)c3ccc[n+]([O-])c3)c3ccccc3n2)cc1. The van der Waals surface area contributed by atoms with Gasteiger partial charge in [0.25, 0.3) is 11.8 Å². The van der Waals surface area contributed by atoms with E-state index in [1.165, 1.54) is 18.3 Å². The highest BCUT2D eigenvalue weighted by Crippen LogP contribution is 2.25. The van der Waals surface area contributed by atoms with Crippen molar-refractivity contribution in [2.75, 3.05) is 0 Å². The molecular weight excluding hydrogens is 380 g/mol. The quantitative estimate of drug-likeness (QED) is 0.315. The van der Waals surface area contributed by atoms with Gasteiger partial charge in [0.1, 0.15) is 5.56 Å². The van der Waals surface area contributed by atoms with Crippen LogP contribution in [0.4, 0.5) is 0 Å². The van der Waals surface area contributed by atoms with Gasteiger partial charge in [-0.1, -0.05) is 48.0 Å². The molecule has 4 aromatic rings. The minimum atomic E-state index is -0.592. The summed E-state index contributed by atoms with van der Waals surface area (Å²) < 4.78 is 0.515. The van der Waals surface area contributed by atoms with Crippen molar-refractivity contribution in [1.82, 2.24) is 15.8 Å². The van der Waals surface area contributed by atoms with Gasteiger partial charge in [0.2, 0.25) is 0 Å². The summed E-state index contributed by atoms with van der Waals surface area (Å²) in [7, 11) is 0. The van der Waals surface area contributed by atoms with E-state index in [0.29, 0.717) is 26.9 Å². The topological polar surface area (TPSA) is 98.0 Å². The highest BCUT2D eigenvalue weighted by atomic mass is 16.5. The number of nitrogens with zero attached hydrogens (tertiary/aromatic N) is 2. The molecular formula is C23H18N4O3. The Labute approximate surface area is 172 Å². The van der Waals surface area contributed by atoms with Crippen LogP contribution < -0.4 is 15.6 Å². The second-order valence-electron chi connectivity index (χ2n) is 6.80. The van der Waals surface area contributed by atoms with Crippen LogP contribution in [0.1, 0.15) is 26.3 Å². The van der Waals surface area contributed by atoms with E-state index in [1.54, 1.807) is 12.1 Å². The number of rotatable bonds is 3. The summed E-state index contributed by atoms with van der Waals surface area (Å²) in [5, 5.41) is 12.0. The monoisotopic (exact) mass is 398 g/mol. The number of amides is 2. The van der Waals surface area contributed by atoms with E-state index in [1.807, 2.05) is 49.4 Å². The number of hydrogen-bond acceptors (Lipinski definition) is 4. The Morgan fingerprint density at radius 1 is 0.933 bits per heavy atom. The van der Waals surface area contributed by atoms with Gasteiger partial charge in [-0.2, -0.15) is 4.73 Å². The number of carbonyl (C=O) groups is 2. The number of pyridine rings is 2. The van der Waals surface area contributed by atoms with Gasteiger partial charge in [-0.25, -0.2) is 4.98 Å². The third-order valence-corrected chi connectivity index (χ3v) is 4.63. The molecule has 7 nitrogen and oxygen atoms in total. The predicted octanol–water partition coefficient (Wildman–Crippen LogP) is 2.92. The van der Waals surface area contributed by atoms with Crippen LogP contribution in [0.3, 0.4) is 0 Å². The molecule has 0 aliphatic heterocycles. The average molecular weight is 398 g/mol. The third kappa shape index (κ3) is 3.95. The lowest BCUT2D eigenvalue weighted by molar-refractivity contribution is -0.605. The summed E-state index contributed by atoms with van der Waals surface area (Å²) in [6.45, 7) is 2.00. The molecule has 2 N–H and O–H groups in total. The van der Waals surface area contributed by atoms with Crippen molar-refractivity contribution in [3.63, 3.8) is 0 Å². The maximum Gasteiger partial charge on any atom is 0.275 e. The van der Waals surface area contributed by atoms with Gasteiger partial charge in [0, 0.05) is 17.0 Å². The van der Waals surface area contributed by atoms with E-state index in [0.717, 1.165) is 17.3 Å². The normalized spacial score (nSPS) is 10.6. The number of para-hydroxylation sites is 1. The molecule has 0 aliphatic carbocycles. The van der Waals surface area contributed by atoms with Crippen LogP contribution in [0.15, 0.2) is 79.1 Å². The van der Waals surface area contributed by atoms with Crippen LogP contribution in [0.25, 0.3) is 22.2 Å². The van der Waals surface area contributed by atoms with Crippen LogP contribution in [0.5, 0.6) is 0 Å². The fourth-order valence-corrected chi connectivity index (χ4v) is 3.08. The summed E-state index contributed by atoms with van der Waals surface area (Å²) in [6.07, 6.45) is 2.39. The number of hydrogen-bond donors (Lipinski definition) is 2. The van der Waals surface area contributed by atoms with Crippen molar-refractivity contribution in [2.24, 2.45) is 0 Å². The molecule has 7 heteroatoms. The van der Waals surface area contributed by atoms with Gasteiger partial charge in [-0.05, 0) is 25.1 Å². The summed E-state index contributed by atoms with van der Waals surface area (Å²) in [5.41, 5.74) is 8.61. The highest BCUT2D eigenvalue weighted by molar-refractivity contribution is 6.08. The maximum atomic E-state index is 12.9. The van der Waals surface area contributed by atoms with E-state index in [-0.39, 0.29) is 5.56 Å². The molecule has 148 valence electrons. The average Bonchev–Trinajstić information content (AvgIpc) is 2.77. The zero-order valence-corrected chi connectivity index (χ0v) is 16.1. The molecule has 0 saturated carbocycles. The Hall–Kier alpha value is -4.26. The molecule has 2 aromatic carbocycles. The van der Waals surface area contributed by atoms with E-state index in [9.17, 15) is 14.8 Å².